The van der Waals surface area contributed by atoms with Gasteiger partial charge in [0.15, 0.2) is 11.5 Å². The third kappa shape index (κ3) is 4.59. The van der Waals surface area contributed by atoms with Crippen LogP contribution in [0.15, 0.2) is 18.2 Å². The highest BCUT2D eigenvalue weighted by Crippen LogP contribution is 2.46. The summed E-state index contributed by atoms with van der Waals surface area (Å²) in [5.74, 6) is -3.09. The summed E-state index contributed by atoms with van der Waals surface area (Å²) in [6.07, 6.45) is 6.73. The smallest absolute Gasteiger partial charge is 0.336 e. The molecule has 32 heavy (non-hydrogen) atoms. The predicted molar refractivity (Wildman–Crippen MR) is 113 cm³/mol. The summed E-state index contributed by atoms with van der Waals surface area (Å²) >= 11 is 0. The maximum Gasteiger partial charge on any atom is 0.336 e. The van der Waals surface area contributed by atoms with E-state index in [2.05, 4.69) is 16.0 Å². The molecule has 2 saturated heterocycles. The van der Waals surface area contributed by atoms with E-state index in [9.17, 15) is 19.2 Å². The van der Waals surface area contributed by atoms with E-state index in [4.69, 9.17) is 14.2 Å². The third-order valence-electron chi connectivity index (χ3n) is 5.77. The van der Waals surface area contributed by atoms with Gasteiger partial charge in [-0.05, 0) is 31.7 Å². The van der Waals surface area contributed by atoms with Crippen molar-refractivity contribution in [3.05, 3.63) is 23.8 Å². The number of anilines is 1. The zero-order valence-corrected chi connectivity index (χ0v) is 17.9. The van der Waals surface area contributed by atoms with Gasteiger partial charge in [0.1, 0.15) is 5.69 Å². The lowest BCUT2D eigenvalue weighted by Crippen LogP contribution is -2.54. The molecule has 0 spiro atoms. The molecule has 3 aliphatic heterocycles. The topological polar surface area (TPSA) is 132 Å². The first-order valence-electron chi connectivity index (χ1n) is 10.5. The van der Waals surface area contributed by atoms with Crippen molar-refractivity contribution in [2.45, 2.75) is 57.2 Å². The van der Waals surface area contributed by atoms with Crippen LogP contribution in [0.5, 0.6) is 17.2 Å². The zero-order valence-electron chi connectivity index (χ0n) is 17.9. The number of rotatable bonds is 4. The summed E-state index contributed by atoms with van der Waals surface area (Å²) in [6, 6.07) is 2.00. The van der Waals surface area contributed by atoms with Crippen molar-refractivity contribution in [2.24, 2.45) is 0 Å². The van der Waals surface area contributed by atoms with E-state index in [1.54, 1.807) is 0 Å². The van der Waals surface area contributed by atoms with Crippen molar-refractivity contribution < 1.29 is 33.4 Å². The largest absolute Gasteiger partial charge is 0.492 e. The summed E-state index contributed by atoms with van der Waals surface area (Å²) in [7, 11) is 1.32. The van der Waals surface area contributed by atoms with E-state index in [0.29, 0.717) is 12.1 Å². The van der Waals surface area contributed by atoms with Gasteiger partial charge in [-0.1, -0.05) is 6.42 Å². The minimum absolute atomic E-state index is 0.0257. The normalized spacial score (nSPS) is 25.2. The molecule has 3 N–H and O–H groups in total. The van der Waals surface area contributed by atoms with Gasteiger partial charge in [0.25, 0.3) is 5.91 Å². The molecular formula is C22H25N3O7. The Labute approximate surface area is 184 Å². The van der Waals surface area contributed by atoms with Crippen molar-refractivity contribution >= 4 is 29.4 Å². The molecular weight excluding hydrogens is 418 g/mol. The first-order chi connectivity index (χ1) is 15.3. The van der Waals surface area contributed by atoms with Crippen LogP contribution in [0.2, 0.25) is 0 Å². The Morgan fingerprint density at radius 1 is 1.09 bits per heavy atom. The molecule has 2 fully saturated rings. The first kappa shape index (κ1) is 21.8. The van der Waals surface area contributed by atoms with E-state index >= 15 is 0 Å². The quantitative estimate of drug-likeness (QED) is 0.470. The van der Waals surface area contributed by atoms with Gasteiger partial charge < -0.3 is 30.2 Å². The maximum atomic E-state index is 13.2. The van der Waals surface area contributed by atoms with Crippen molar-refractivity contribution in [1.29, 1.82) is 0 Å². The Hall–Kier alpha value is -3.40. The Balaban J connectivity index is 1.72. The fourth-order valence-corrected chi connectivity index (χ4v) is 4.52. The van der Waals surface area contributed by atoms with Gasteiger partial charge in [0.05, 0.1) is 12.7 Å². The Bertz CT molecular complexity index is 992. The average Bonchev–Trinajstić information content (AvgIpc) is 2.76. The lowest BCUT2D eigenvalue weighted by molar-refractivity contribution is -0.131. The molecule has 3 heterocycles. The van der Waals surface area contributed by atoms with Gasteiger partial charge in [-0.3, -0.25) is 9.59 Å². The van der Waals surface area contributed by atoms with Crippen LogP contribution < -0.4 is 30.2 Å². The molecule has 2 amide bonds. The fourth-order valence-electron chi connectivity index (χ4n) is 4.52. The highest BCUT2D eigenvalue weighted by Gasteiger charge is 2.34. The number of hydrogen-bond donors (Lipinski definition) is 3. The van der Waals surface area contributed by atoms with Crippen LogP contribution in [0.1, 0.15) is 49.4 Å². The van der Waals surface area contributed by atoms with Crippen LogP contribution >= 0.6 is 0 Å². The van der Waals surface area contributed by atoms with Gasteiger partial charge in [-0.25, -0.2) is 9.59 Å². The molecule has 0 radical (unpaired) electrons. The van der Waals surface area contributed by atoms with Crippen molar-refractivity contribution in [2.75, 3.05) is 12.4 Å². The second-order valence-corrected chi connectivity index (χ2v) is 8.15. The van der Waals surface area contributed by atoms with Crippen molar-refractivity contribution in [3.8, 4) is 17.2 Å². The van der Waals surface area contributed by atoms with Gasteiger partial charge in [-0.2, -0.15) is 0 Å². The summed E-state index contributed by atoms with van der Waals surface area (Å²) in [4.78, 5) is 49.2. The summed E-state index contributed by atoms with van der Waals surface area (Å²) < 4.78 is 16.0. The van der Waals surface area contributed by atoms with E-state index in [0.717, 1.165) is 37.8 Å². The van der Waals surface area contributed by atoms with E-state index in [1.165, 1.54) is 26.5 Å². The summed E-state index contributed by atoms with van der Waals surface area (Å²) in [6.45, 7) is 1.25. The number of carbonyl (C=O) groups excluding carboxylic acids is 4. The Morgan fingerprint density at radius 2 is 1.75 bits per heavy atom. The number of nitrogens with one attached hydrogen (secondary N) is 3. The average molecular weight is 443 g/mol. The van der Waals surface area contributed by atoms with Gasteiger partial charge >= 0.3 is 11.9 Å². The SMILES string of the molecule is COc1c(C(=O)NC2CC3CCCC(C2)N3)cc2c(NC(C)=O)c1OC(=O)/C=C/C(=O)O2. The molecule has 0 aromatic heterocycles. The number of amides is 2. The third-order valence-corrected chi connectivity index (χ3v) is 5.77. The Morgan fingerprint density at radius 3 is 2.38 bits per heavy atom. The summed E-state index contributed by atoms with van der Waals surface area (Å²) in [5, 5.41) is 9.10. The highest BCUT2D eigenvalue weighted by atomic mass is 16.6. The van der Waals surface area contributed by atoms with Crippen LogP contribution in [-0.4, -0.2) is 49.0 Å². The standard InChI is InChI=1S/C22H25N3O7/c1-11(26)23-19-16-10-15(20(30-2)21(19)32-18(28)7-6-17(27)31-16)22(29)25-14-8-12-4-3-5-13(9-14)24-12/h6-7,10,12-14,24H,3-5,8-9H2,1-2H3,(H,23,26)(H,25,29)/b7-6+. The molecule has 1 aromatic rings. The van der Waals surface area contributed by atoms with Crippen LogP contribution in [0.4, 0.5) is 5.69 Å². The molecule has 2 unspecified atom stereocenters. The second-order valence-electron chi connectivity index (χ2n) is 8.15. The number of benzene rings is 1. The number of fused-ring (bicyclic) bond motifs is 4. The molecule has 10 nitrogen and oxygen atoms in total. The molecule has 170 valence electrons. The number of esters is 2. The van der Waals surface area contributed by atoms with Crippen LogP contribution in [-0.2, 0) is 14.4 Å². The predicted octanol–water partition coefficient (Wildman–Crippen LogP) is 1.44. The zero-order chi connectivity index (χ0) is 22.8. The van der Waals surface area contributed by atoms with E-state index in [-0.39, 0.29) is 34.5 Å². The lowest BCUT2D eigenvalue weighted by atomic mass is 9.84. The lowest BCUT2D eigenvalue weighted by Gasteiger charge is -2.40. The summed E-state index contributed by atoms with van der Waals surface area (Å²) in [5.41, 5.74) is -0.0505. The molecule has 2 atom stereocenters. The van der Waals surface area contributed by atoms with Crippen molar-refractivity contribution in [1.82, 2.24) is 10.6 Å². The first-order valence-corrected chi connectivity index (χ1v) is 10.5. The number of hydrogen-bond acceptors (Lipinski definition) is 8. The molecule has 0 saturated carbocycles. The molecule has 3 aliphatic rings. The molecule has 4 rings (SSSR count). The number of piperidine rings is 2. The van der Waals surface area contributed by atoms with E-state index in [1.807, 2.05) is 0 Å². The number of carbonyl (C=O) groups is 4. The van der Waals surface area contributed by atoms with Gasteiger partial charge in [-0.15, -0.1) is 0 Å². The molecule has 0 aliphatic carbocycles. The van der Waals surface area contributed by atoms with Gasteiger partial charge in [0, 0.05) is 37.2 Å². The maximum absolute atomic E-state index is 13.2. The highest BCUT2D eigenvalue weighted by molar-refractivity contribution is 6.05. The molecule has 1 aromatic carbocycles. The number of methoxy groups -OCH3 is 1. The van der Waals surface area contributed by atoms with Gasteiger partial charge in [0.2, 0.25) is 11.7 Å². The number of ether oxygens (including phenoxy) is 3. The van der Waals surface area contributed by atoms with Crippen molar-refractivity contribution in [3.63, 3.8) is 0 Å². The molecule has 10 heteroatoms. The van der Waals surface area contributed by atoms with Crippen LogP contribution in [0.3, 0.4) is 0 Å². The minimum atomic E-state index is -0.886. The second kappa shape index (κ2) is 8.99. The van der Waals surface area contributed by atoms with Crippen LogP contribution in [0.25, 0.3) is 0 Å². The minimum Gasteiger partial charge on any atom is -0.492 e. The fraction of sp³-hybridized carbons (Fsp3) is 0.455. The van der Waals surface area contributed by atoms with Crippen LogP contribution in [0, 0.1) is 0 Å². The van der Waals surface area contributed by atoms with E-state index < -0.39 is 23.8 Å². The Kier molecular flexibility index (Phi) is 6.13. The monoisotopic (exact) mass is 443 g/mol. The molecule has 4 bridgehead atoms.